The third-order valence-corrected chi connectivity index (χ3v) is 6.06. The summed E-state index contributed by atoms with van der Waals surface area (Å²) in [6.07, 6.45) is 3.12. The van der Waals surface area contributed by atoms with E-state index < -0.39 is 28.0 Å². The van der Waals surface area contributed by atoms with Crippen LogP contribution in [0.25, 0.3) is 11.4 Å². The standard InChI is InChI=1S/C24H32ClFN6O4S/c1-8-14(3)12-17(26)13-18(15(4)25)16(5)36-24(33)28-23-22(29-31-32(23)6)21-11-10-20(19(9-2)27-21)30-37(7,34)35/h10-13,16,30H,8-9H2,1-7H3,(H,28,33)/b14-12?,17-13+,18-15-. The van der Waals surface area contributed by atoms with Crippen LogP contribution in [-0.4, -0.2) is 46.8 Å². The van der Waals surface area contributed by atoms with Gasteiger partial charge in [0, 0.05) is 17.7 Å². The van der Waals surface area contributed by atoms with Crippen molar-refractivity contribution in [2.24, 2.45) is 7.05 Å². The highest BCUT2D eigenvalue weighted by Gasteiger charge is 2.21. The summed E-state index contributed by atoms with van der Waals surface area (Å²) >= 11 is 6.15. The summed E-state index contributed by atoms with van der Waals surface area (Å²) in [5.74, 6) is -0.304. The summed E-state index contributed by atoms with van der Waals surface area (Å²) in [5.41, 5.74) is 2.62. The number of ether oxygens (including phenoxy) is 1. The Bertz CT molecular complexity index is 1350. The Morgan fingerprint density at radius 1 is 1.27 bits per heavy atom. The number of aromatic nitrogens is 4. The van der Waals surface area contributed by atoms with E-state index in [4.69, 9.17) is 16.3 Å². The van der Waals surface area contributed by atoms with Crippen molar-refractivity contribution in [3.05, 3.63) is 52.0 Å². The lowest BCUT2D eigenvalue weighted by Crippen LogP contribution is -2.23. The monoisotopic (exact) mass is 554 g/mol. The van der Waals surface area contributed by atoms with Gasteiger partial charge in [0.25, 0.3) is 0 Å². The largest absolute Gasteiger partial charge is 0.441 e. The molecule has 2 rings (SSSR count). The molecule has 2 aromatic heterocycles. The molecule has 13 heteroatoms. The first-order chi connectivity index (χ1) is 17.2. The first-order valence-electron chi connectivity index (χ1n) is 11.5. The van der Waals surface area contributed by atoms with Gasteiger partial charge in [0.15, 0.2) is 11.5 Å². The van der Waals surface area contributed by atoms with Gasteiger partial charge in [-0.05, 0) is 57.9 Å². The Morgan fingerprint density at radius 3 is 2.51 bits per heavy atom. The predicted molar refractivity (Wildman–Crippen MR) is 143 cm³/mol. The van der Waals surface area contributed by atoms with Crippen molar-refractivity contribution >= 4 is 39.2 Å². The van der Waals surface area contributed by atoms with Crippen LogP contribution in [0.15, 0.2) is 46.3 Å². The van der Waals surface area contributed by atoms with Gasteiger partial charge in [-0.25, -0.2) is 27.3 Å². The van der Waals surface area contributed by atoms with Crippen LogP contribution in [0.3, 0.4) is 0 Å². The Labute approximate surface area is 221 Å². The summed E-state index contributed by atoms with van der Waals surface area (Å²) in [6.45, 7) is 8.71. The highest BCUT2D eigenvalue weighted by atomic mass is 35.5. The SMILES string of the molecule is CCC(C)=C/C(F)=C\C(=C(/C)Cl)C(C)OC(=O)Nc1c(-c2ccc(NS(C)(=O)=O)c(CC)n2)nnn1C. The fourth-order valence-corrected chi connectivity index (χ4v) is 4.03. The molecular formula is C24H32ClFN6O4S. The zero-order valence-corrected chi connectivity index (χ0v) is 23.5. The first-order valence-corrected chi connectivity index (χ1v) is 13.8. The number of aryl methyl sites for hydroxylation is 2. The molecule has 2 aromatic rings. The number of anilines is 2. The number of rotatable bonds is 10. The highest BCUT2D eigenvalue weighted by Crippen LogP contribution is 2.27. The Morgan fingerprint density at radius 2 is 1.95 bits per heavy atom. The number of halogens is 2. The molecule has 1 atom stereocenters. The number of hydrogen-bond donors (Lipinski definition) is 2. The van der Waals surface area contributed by atoms with Gasteiger partial charge >= 0.3 is 6.09 Å². The summed E-state index contributed by atoms with van der Waals surface area (Å²) in [7, 11) is -1.91. The Balaban J connectivity index is 2.29. The van der Waals surface area contributed by atoms with E-state index in [9.17, 15) is 17.6 Å². The number of hydrogen-bond acceptors (Lipinski definition) is 7. The molecule has 2 N–H and O–H groups in total. The van der Waals surface area contributed by atoms with Gasteiger partial charge in [-0.1, -0.05) is 36.2 Å². The van der Waals surface area contributed by atoms with E-state index in [0.717, 1.165) is 11.8 Å². The molecule has 0 fully saturated rings. The maximum Gasteiger partial charge on any atom is 0.413 e. The predicted octanol–water partition coefficient (Wildman–Crippen LogP) is 5.47. The Kier molecular flexibility index (Phi) is 10.4. The van der Waals surface area contributed by atoms with Crippen LogP contribution in [0.4, 0.5) is 20.7 Å². The third kappa shape index (κ3) is 8.67. The number of sulfonamides is 1. The maximum atomic E-state index is 14.4. The van der Waals surface area contributed by atoms with E-state index >= 15 is 0 Å². The summed E-state index contributed by atoms with van der Waals surface area (Å²) in [6, 6.07) is 3.13. The molecule has 0 aliphatic heterocycles. The van der Waals surface area contributed by atoms with Crippen LogP contribution >= 0.6 is 11.6 Å². The smallest absolute Gasteiger partial charge is 0.413 e. The van der Waals surface area contributed by atoms with Gasteiger partial charge in [-0.15, -0.1) is 5.10 Å². The number of allylic oxidation sites excluding steroid dienone is 4. The molecule has 0 saturated carbocycles. The van der Waals surface area contributed by atoms with Gasteiger partial charge in [-0.3, -0.25) is 10.0 Å². The third-order valence-electron chi connectivity index (χ3n) is 5.25. The van der Waals surface area contributed by atoms with Crippen LogP contribution in [0.1, 0.15) is 46.7 Å². The minimum Gasteiger partial charge on any atom is -0.441 e. The number of nitrogens with one attached hydrogen (secondary N) is 2. The van der Waals surface area contributed by atoms with Crippen molar-refractivity contribution in [1.82, 2.24) is 20.0 Å². The molecule has 1 unspecified atom stereocenters. The Hall–Kier alpha value is -3.25. The van der Waals surface area contributed by atoms with E-state index in [0.29, 0.717) is 35.5 Å². The minimum absolute atomic E-state index is 0.201. The van der Waals surface area contributed by atoms with E-state index in [1.807, 2.05) is 20.8 Å². The molecule has 0 radical (unpaired) electrons. The number of pyridine rings is 1. The van der Waals surface area contributed by atoms with E-state index in [1.54, 1.807) is 33.0 Å². The van der Waals surface area contributed by atoms with Gasteiger partial charge in [-0.2, -0.15) is 0 Å². The van der Waals surface area contributed by atoms with Crippen molar-refractivity contribution in [3.63, 3.8) is 0 Å². The number of carbonyl (C=O) groups excluding carboxylic acids is 1. The molecule has 0 aliphatic carbocycles. The van der Waals surface area contributed by atoms with E-state index in [1.165, 1.54) is 16.8 Å². The summed E-state index contributed by atoms with van der Waals surface area (Å²) < 4.78 is 46.9. The van der Waals surface area contributed by atoms with Gasteiger partial charge in [0.1, 0.15) is 11.9 Å². The second-order valence-corrected chi connectivity index (χ2v) is 10.7. The fraction of sp³-hybridized carbons (Fsp3) is 0.417. The first kappa shape index (κ1) is 30.0. The molecular weight excluding hydrogens is 523 g/mol. The molecule has 0 saturated heterocycles. The second kappa shape index (κ2) is 12.8. The lowest BCUT2D eigenvalue weighted by Gasteiger charge is -2.16. The lowest BCUT2D eigenvalue weighted by molar-refractivity contribution is 0.138. The minimum atomic E-state index is -3.49. The molecule has 202 valence electrons. The number of amides is 1. The summed E-state index contributed by atoms with van der Waals surface area (Å²) in [5, 5.41) is 10.9. The molecule has 2 heterocycles. The van der Waals surface area contributed by atoms with Gasteiger partial charge in [0.05, 0.1) is 23.3 Å². The van der Waals surface area contributed by atoms with E-state index in [2.05, 4.69) is 25.3 Å². The molecule has 1 amide bonds. The quantitative estimate of drug-likeness (QED) is 0.372. The molecule has 0 aromatic carbocycles. The zero-order valence-electron chi connectivity index (χ0n) is 21.9. The molecule has 37 heavy (non-hydrogen) atoms. The van der Waals surface area contributed by atoms with Crippen LogP contribution < -0.4 is 10.0 Å². The number of nitrogens with zero attached hydrogens (tertiary/aromatic N) is 4. The molecule has 0 bridgehead atoms. The van der Waals surface area contributed by atoms with Crippen LogP contribution in [0.2, 0.25) is 0 Å². The van der Waals surface area contributed by atoms with Crippen molar-refractivity contribution < 1.29 is 22.3 Å². The highest BCUT2D eigenvalue weighted by molar-refractivity contribution is 7.92. The van der Waals surface area contributed by atoms with Gasteiger partial charge < -0.3 is 4.74 Å². The van der Waals surface area contributed by atoms with Crippen LogP contribution in [0, 0.1) is 0 Å². The average Bonchev–Trinajstić information content (AvgIpc) is 3.16. The lowest BCUT2D eigenvalue weighted by atomic mass is 10.1. The second-order valence-electron chi connectivity index (χ2n) is 8.36. The van der Waals surface area contributed by atoms with Crippen molar-refractivity contribution in [2.45, 2.75) is 53.6 Å². The van der Waals surface area contributed by atoms with Crippen molar-refractivity contribution in [3.8, 4) is 11.4 Å². The maximum absolute atomic E-state index is 14.4. The average molecular weight is 555 g/mol. The van der Waals surface area contributed by atoms with Crippen LogP contribution in [0.5, 0.6) is 0 Å². The molecule has 0 aliphatic rings. The molecule has 10 nitrogen and oxygen atoms in total. The van der Waals surface area contributed by atoms with Gasteiger partial charge in [0.2, 0.25) is 10.0 Å². The van der Waals surface area contributed by atoms with Crippen molar-refractivity contribution in [2.75, 3.05) is 16.3 Å². The summed E-state index contributed by atoms with van der Waals surface area (Å²) in [4.78, 5) is 17.2. The zero-order chi connectivity index (χ0) is 27.9. The van der Waals surface area contributed by atoms with Crippen molar-refractivity contribution in [1.29, 1.82) is 0 Å². The van der Waals surface area contributed by atoms with Crippen LogP contribution in [-0.2, 0) is 28.2 Å². The topological polar surface area (TPSA) is 128 Å². The van der Waals surface area contributed by atoms with E-state index in [-0.39, 0.29) is 16.5 Å². The molecule has 0 spiro atoms. The fourth-order valence-electron chi connectivity index (χ4n) is 3.24. The number of carbonyl (C=O) groups is 1. The normalized spacial score (nSPS) is 14.2.